The normalized spacial score (nSPS) is 14.1. The summed E-state index contributed by atoms with van der Waals surface area (Å²) in [6, 6.07) is 15.7. The molecule has 1 aliphatic rings. The van der Waals surface area contributed by atoms with E-state index < -0.39 is 0 Å². The highest BCUT2D eigenvalue weighted by Gasteiger charge is 2.25. The maximum atomic E-state index is 12.4. The molecule has 1 fully saturated rings. The SMILES string of the molecule is C[C@H](CC(=O)Nc1ccccc1C(=O)NC1CC1)NC(=O)c1ccccc1. The van der Waals surface area contributed by atoms with Crippen LogP contribution in [0.4, 0.5) is 5.69 Å². The van der Waals surface area contributed by atoms with Crippen molar-refractivity contribution >= 4 is 23.4 Å². The molecule has 0 bridgehead atoms. The number of carbonyl (C=O) groups excluding carboxylic acids is 3. The number of nitrogens with one attached hydrogen (secondary N) is 3. The van der Waals surface area contributed by atoms with Crippen LogP contribution < -0.4 is 16.0 Å². The Morgan fingerprint density at radius 3 is 2.33 bits per heavy atom. The van der Waals surface area contributed by atoms with Crippen molar-refractivity contribution in [1.82, 2.24) is 10.6 Å². The quantitative estimate of drug-likeness (QED) is 0.705. The van der Waals surface area contributed by atoms with E-state index in [0.717, 1.165) is 12.8 Å². The molecule has 2 aromatic rings. The highest BCUT2D eigenvalue weighted by molar-refractivity contribution is 6.04. The summed E-state index contributed by atoms with van der Waals surface area (Å²) in [4.78, 5) is 36.8. The molecule has 0 heterocycles. The van der Waals surface area contributed by atoms with Crippen molar-refractivity contribution in [2.75, 3.05) is 5.32 Å². The number of para-hydroxylation sites is 1. The van der Waals surface area contributed by atoms with E-state index in [1.165, 1.54) is 0 Å². The summed E-state index contributed by atoms with van der Waals surface area (Å²) in [6.07, 6.45) is 2.11. The second-order valence-electron chi connectivity index (χ2n) is 6.79. The minimum Gasteiger partial charge on any atom is -0.349 e. The molecule has 27 heavy (non-hydrogen) atoms. The molecule has 140 valence electrons. The van der Waals surface area contributed by atoms with Gasteiger partial charge in [-0.15, -0.1) is 0 Å². The summed E-state index contributed by atoms with van der Waals surface area (Å²) in [5.74, 6) is -0.665. The van der Waals surface area contributed by atoms with E-state index in [9.17, 15) is 14.4 Å². The van der Waals surface area contributed by atoms with E-state index >= 15 is 0 Å². The van der Waals surface area contributed by atoms with E-state index in [1.54, 1.807) is 55.5 Å². The first-order valence-electron chi connectivity index (χ1n) is 9.08. The summed E-state index contributed by atoms with van der Waals surface area (Å²) < 4.78 is 0. The Balaban J connectivity index is 1.56. The second-order valence-corrected chi connectivity index (χ2v) is 6.79. The average molecular weight is 365 g/mol. The number of rotatable bonds is 7. The third-order valence-electron chi connectivity index (χ3n) is 4.26. The molecular weight excluding hydrogens is 342 g/mol. The van der Waals surface area contributed by atoms with Crippen LogP contribution in [0.3, 0.4) is 0 Å². The van der Waals surface area contributed by atoms with Crippen LogP contribution in [0.2, 0.25) is 0 Å². The van der Waals surface area contributed by atoms with Crippen molar-refractivity contribution in [2.45, 2.75) is 38.3 Å². The van der Waals surface area contributed by atoms with Crippen LogP contribution in [-0.2, 0) is 4.79 Å². The monoisotopic (exact) mass is 365 g/mol. The van der Waals surface area contributed by atoms with Crippen molar-refractivity contribution in [3.63, 3.8) is 0 Å². The van der Waals surface area contributed by atoms with Gasteiger partial charge in [0.15, 0.2) is 0 Å². The molecule has 3 rings (SSSR count). The van der Waals surface area contributed by atoms with Crippen LogP contribution >= 0.6 is 0 Å². The van der Waals surface area contributed by atoms with Crippen LogP contribution in [0.25, 0.3) is 0 Å². The van der Waals surface area contributed by atoms with E-state index in [4.69, 9.17) is 0 Å². The van der Waals surface area contributed by atoms with Crippen molar-refractivity contribution in [3.05, 3.63) is 65.7 Å². The molecule has 0 spiro atoms. The molecule has 3 amide bonds. The van der Waals surface area contributed by atoms with E-state index in [2.05, 4.69) is 16.0 Å². The summed E-state index contributed by atoms with van der Waals surface area (Å²) in [7, 11) is 0. The van der Waals surface area contributed by atoms with Crippen LogP contribution in [0, 0.1) is 0 Å². The van der Waals surface area contributed by atoms with Gasteiger partial charge in [-0.25, -0.2) is 0 Å². The number of benzene rings is 2. The van der Waals surface area contributed by atoms with Crippen LogP contribution in [0.5, 0.6) is 0 Å². The lowest BCUT2D eigenvalue weighted by molar-refractivity contribution is -0.116. The van der Waals surface area contributed by atoms with Crippen LogP contribution in [0.1, 0.15) is 46.9 Å². The van der Waals surface area contributed by atoms with Gasteiger partial charge in [0.05, 0.1) is 11.3 Å². The third kappa shape index (κ3) is 5.41. The van der Waals surface area contributed by atoms with Gasteiger partial charge >= 0.3 is 0 Å². The fourth-order valence-electron chi connectivity index (χ4n) is 2.71. The molecule has 0 aliphatic heterocycles. The molecule has 0 unspecified atom stereocenters. The summed E-state index contributed by atoms with van der Waals surface area (Å²) >= 11 is 0. The van der Waals surface area contributed by atoms with Gasteiger partial charge in [-0.1, -0.05) is 30.3 Å². The molecular formula is C21H23N3O3. The Labute approximate surface area is 158 Å². The number of amides is 3. The topological polar surface area (TPSA) is 87.3 Å². The minimum absolute atomic E-state index is 0.108. The Kier molecular flexibility index (Phi) is 5.86. The van der Waals surface area contributed by atoms with Crippen LogP contribution in [0.15, 0.2) is 54.6 Å². The number of carbonyl (C=O) groups is 3. The number of hydrogen-bond donors (Lipinski definition) is 3. The summed E-state index contributed by atoms with van der Waals surface area (Å²) in [5, 5.41) is 8.51. The molecule has 0 radical (unpaired) electrons. The molecule has 1 atom stereocenters. The Bertz CT molecular complexity index is 832. The average Bonchev–Trinajstić information content (AvgIpc) is 3.46. The lowest BCUT2D eigenvalue weighted by atomic mass is 10.1. The van der Waals surface area contributed by atoms with Gasteiger partial charge in [0.1, 0.15) is 0 Å². The highest BCUT2D eigenvalue weighted by atomic mass is 16.2. The van der Waals surface area contributed by atoms with E-state index in [-0.39, 0.29) is 36.2 Å². The first-order valence-corrected chi connectivity index (χ1v) is 9.08. The number of anilines is 1. The van der Waals surface area contributed by atoms with Crippen LogP contribution in [-0.4, -0.2) is 29.8 Å². The van der Waals surface area contributed by atoms with Crippen molar-refractivity contribution in [1.29, 1.82) is 0 Å². The van der Waals surface area contributed by atoms with Gasteiger partial charge in [-0.3, -0.25) is 14.4 Å². The maximum absolute atomic E-state index is 12.4. The molecule has 1 aliphatic carbocycles. The Morgan fingerprint density at radius 2 is 1.63 bits per heavy atom. The van der Waals surface area contributed by atoms with E-state index in [0.29, 0.717) is 16.8 Å². The van der Waals surface area contributed by atoms with Gasteiger partial charge in [-0.05, 0) is 44.0 Å². The van der Waals surface area contributed by atoms with Gasteiger partial charge in [-0.2, -0.15) is 0 Å². The van der Waals surface area contributed by atoms with Gasteiger partial charge < -0.3 is 16.0 Å². The molecule has 1 saturated carbocycles. The lowest BCUT2D eigenvalue weighted by Crippen LogP contribution is -2.35. The van der Waals surface area contributed by atoms with Gasteiger partial charge in [0, 0.05) is 24.1 Å². The standard InChI is InChI=1S/C21H23N3O3/c1-14(22-20(26)15-7-3-2-4-8-15)13-19(25)24-18-10-6-5-9-17(18)21(27)23-16-11-12-16/h2-10,14,16H,11-13H2,1H3,(H,22,26)(H,23,27)(H,24,25)/t14-/m1/s1. The minimum atomic E-state index is -0.342. The molecule has 3 N–H and O–H groups in total. The molecule has 2 aromatic carbocycles. The predicted octanol–water partition coefficient (Wildman–Crippen LogP) is 2.73. The predicted molar refractivity (Wildman–Crippen MR) is 104 cm³/mol. The van der Waals surface area contributed by atoms with Gasteiger partial charge in [0.25, 0.3) is 11.8 Å². The fourth-order valence-corrected chi connectivity index (χ4v) is 2.71. The van der Waals surface area contributed by atoms with Crippen molar-refractivity contribution in [2.24, 2.45) is 0 Å². The lowest BCUT2D eigenvalue weighted by Gasteiger charge is -2.15. The zero-order chi connectivity index (χ0) is 19.2. The first-order chi connectivity index (χ1) is 13.0. The molecule has 0 aromatic heterocycles. The largest absolute Gasteiger partial charge is 0.349 e. The Morgan fingerprint density at radius 1 is 0.963 bits per heavy atom. The van der Waals surface area contributed by atoms with Gasteiger partial charge in [0.2, 0.25) is 5.91 Å². The van der Waals surface area contributed by atoms with E-state index in [1.807, 2.05) is 6.07 Å². The smallest absolute Gasteiger partial charge is 0.253 e. The zero-order valence-corrected chi connectivity index (χ0v) is 15.2. The summed E-state index contributed by atoms with van der Waals surface area (Å²) in [6.45, 7) is 1.77. The van der Waals surface area contributed by atoms with Crippen molar-refractivity contribution in [3.8, 4) is 0 Å². The molecule has 6 nitrogen and oxygen atoms in total. The fraction of sp³-hybridized carbons (Fsp3) is 0.286. The van der Waals surface area contributed by atoms with Crippen molar-refractivity contribution < 1.29 is 14.4 Å². The Hall–Kier alpha value is -3.15. The first kappa shape index (κ1) is 18.6. The summed E-state index contributed by atoms with van der Waals surface area (Å²) in [5.41, 5.74) is 1.47. The molecule has 6 heteroatoms. The maximum Gasteiger partial charge on any atom is 0.253 e. The zero-order valence-electron chi connectivity index (χ0n) is 15.2. The second kappa shape index (κ2) is 8.49. The number of hydrogen-bond acceptors (Lipinski definition) is 3. The molecule has 0 saturated heterocycles. The highest BCUT2D eigenvalue weighted by Crippen LogP contribution is 2.21. The third-order valence-corrected chi connectivity index (χ3v) is 4.26.